The van der Waals surface area contributed by atoms with Gasteiger partial charge in [-0.05, 0) is 31.6 Å². The lowest BCUT2D eigenvalue weighted by atomic mass is 10.1. The maximum Gasteiger partial charge on any atom is 0.0756 e. The first-order valence-corrected chi connectivity index (χ1v) is 8.86. The predicted octanol–water partition coefficient (Wildman–Crippen LogP) is 2.89. The van der Waals surface area contributed by atoms with Crippen molar-refractivity contribution in [2.45, 2.75) is 33.5 Å². The van der Waals surface area contributed by atoms with Gasteiger partial charge in [-0.1, -0.05) is 31.2 Å². The Bertz CT molecular complexity index is 630. The van der Waals surface area contributed by atoms with Crippen LogP contribution in [0.5, 0.6) is 0 Å². The topological polar surface area (TPSA) is 41.5 Å². The fourth-order valence-corrected chi connectivity index (χ4v) is 2.79. The number of methoxy groups -OCH3 is 1. The van der Waals surface area contributed by atoms with E-state index in [1.165, 1.54) is 11.1 Å². The molecule has 25 heavy (non-hydrogen) atoms. The number of rotatable bonds is 10. The summed E-state index contributed by atoms with van der Waals surface area (Å²) in [7, 11) is 3.87. The van der Waals surface area contributed by atoms with Gasteiger partial charge in [-0.15, -0.1) is 0 Å². The van der Waals surface area contributed by atoms with E-state index in [9.17, 15) is 0 Å². The first kappa shape index (κ1) is 19.5. The van der Waals surface area contributed by atoms with Crippen molar-refractivity contribution in [2.75, 3.05) is 33.9 Å². The number of ether oxygens (including phenoxy) is 1. The molecule has 0 aliphatic carbocycles. The average Bonchev–Trinajstić information content (AvgIpc) is 2.62. The standard InChI is InChI=1S/C20H30N4O/c1-5-24(12-13-25-4)15-19-8-6-18(7-9-19)14-23(3)16-20-17(2)21-10-11-22-20/h6-11H,5,12-16H2,1-4H3. The second-order valence-electron chi connectivity index (χ2n) is 6.44. The van der Waals surface area contributed by atoms with Gasteiger partial charge in [-0.25, -0.2) is 0 Å². The van der Waals surface area contributed by atoms with Crippen LogP contribution in [-0.4, -0.2) is 53.6 Å². The van der Waals surface area contributed by atoms with E-state index in [0.717, 1.165) is 50.7 Å². The molecule has 0 spiro atoms. The molecule has 2 rings (SSSR count). The monoisotopic (exact) mass is 342 g/mol. The summed E-state index contributed by atoms with van der Waals surface area (Å²) in [6, 6.07) is 8.90. The van der Waals surface area contributed by atoms with Crippen LogP contribution in [0.25, 0.3) is 0 Å². The van der Waals surface area contributed by atoms with E-state index in [-0.39, 0.29) is 0 Å². The molecule has 0 aliphatic rings. The molecular formula is C20H30N4O. The van der Waals surface area contributed by atoms with Gasteiger partial charge >= 0.3 is 0 Å². The van der Waals surface area contributed by atoms with Crippen molar-refractivity contribution >= 4 is 0 Å². The Morgan fingerprint density at radius 1 is 0.960 bits per heavy atom. The van der Waals surface area contributed by atoms with Gasteiger partial charge < -0.3 is 4.74 Å². The molecule has 0 aliphatic heterocycles. The van der Waals surface area contributed by atoms with Crippen molar-refractivity contribution in [3.05, 3.63) is 59.2 Å². The Morgan fingerprint density at radius 3 is 2.20 bits per heavy atom. The van der Waals surface area contributed by atoms with E-state index in [1.54, 1.807) is 19.5 Å². The summed E-state index contributed by atoms with van der Waals surface area (Å²) in [4.78, 5) is 13.4. The summed E-state index contributed by atoms with van der Waals surface area (Å²) in [5.41, 5.74) is 4.70. The quantitative estimate of drug-likeness (QED) is 0.664. The smallest absolute Gasteiger partial charge is 0.0756 e. The number of benzene rings is 1. The summed E-state index contributed by atoms with van der Waals surface area (Å²) >= 11 is 0. The van der Waals surface area contributed by atoms with Crippen LogP contribution in [0.15, 0.2) is 36.7 Å². The minimum Gasteiger partial charge on any atom is -0.383 e. The first-order valence-electron chi connectivity index (χ1n) is 8.86. The molecule has 5 heteroatoms. The lowest BCUT2D eigenvalue weighted by Crippen LogP contribution is -2.26. The highest BCUT2D eigenvalue weighted by Crippen LogP contribution is 2.11. The molecule has 2 aromatic rings. The van der Waals surface area contributed by atoms with E-state index in [1.807, 2.05) is 6.92 Å². The minimum absolute atomic E-state index is 0.776. The highest BCUT2D eigenvalue weighted by Gasteiger charge is 2.07. The van der Waals surface area contributed by atoms with Crippen LogP contribution >= 0.6 is 0 Å². The highest BCUT2D eigenvalue weighted by atomic mass is 16.5. The first-order chi connectivity index (χ1) is 12.1. The molecule has 5 nitrogen and oxygen atoms in total. The number of likely N-dealkylation sites (N-methyl/N-ethyl adjacent to an activating group) is 1. The van der Waals surface area contributed by atoms with Crippen LogP contribution in [0.3, 0.4) is 0 Å². The predicted molar refractivity (Wildman–Crippen MR) is 101 cm³/mol. The largest absolute Gasteiger partial charge is 0.383 e. The molecule has 0 amide bonds. The molecule has 1 heterocycles. The van der Waals surface area contributed by atoms with Crippen LogP contribution < -0.4 is 0 Å². The molecule has 136 valence electrons. The number of nitrogens with zero attached hydrogens (tertiary/aromatic N) is 4. The van der Waals surface area contributed by atoms with E-state index in [2.05, 4.69) is 58.0 Å². The van der Waals surface area contributed by atoms with Crippen LogP contribution in [0.1, 0.15) is 29.4 Å². The van der Waals surface area contributed by atoms with Gasteiger partial charge in [-0.3, -0.25) is 19.8 Å². The SMILES string of the molecule is CCN(CCOC)Cc1ccc(CN(C)Cc2nccnc2C)cc1. The van der Waals surface area contributed by atoms with Gasteiger partial charge in [0.05, 0.1) is 18.0 Å². The van der Waals surface area contributed by atoms with Crippen LogP contribution in [0.4, 0.5) is 0 Å². The van der Waals surface area contributed by atoms with Gasteiger partial charge in [0.2, 0.25) is 0 Å². The number of aryl methyl sites for hydroxylation is 1. The number of hydrogen-bond donors (Lipinski definition) is 0. The second kappa shape index (κ2) is 10.2. The van der Waals surface area contributed by atoms with Gasteiger partial charge in [-0.2, -0.15) is 0 Å². The van der Waals surface area contributed by atoms with Crippen molar-refractivity contribution < 1.29 is 4.74 Å². The van der Waals surface area contributed by atoms with Gasteiger partial charge in [0.1, 0.15) is 0 Å². The molecule has 0 bridgehead atoms. The fourth-order valence-electron chi connectivity index (χ4n) is 2.79. The molecule has 0 atom stereocenters. The van der Waals surface area contributed by atoms with Crippen LogP contribution in [-0.2, 0) is 24.4 Å². The molecule has 0 saturated carbocycles. The van der Waals surface area contributed by atoms with E-state index >= 15 is 0 Å². The Labute approximate surface area is 151 Å². The molecule has 0 radical (unpaired) electrons. The third kappa shape index (κ3) is 6.53. The van der Waals surface area contributed by atoms with Crippen molar-refractivity contribution in [1.29, 1.82) is 0 Å². The van der Waals surface area contributed by atoms with Crippen molar-refractivity contribution in [2.24, 2.45) is 0 Å². The maximum atomic E-state index is 5.18. The molecule has 1 aromatic heterocycles. The zero-order valence-corrected chi connectivity index (χ0v) is 15.9. The molecule has 0 saturated heterocycles. The second-order valence-corrected chi connectivity index (χ2v) is 6.44. The van der Waals surface area contributed by atoms with E-state index in [4.69, 9.17) is 4.74 Å². The lowest BCUT2D eigenvalue weighted by molar-refractivity contribution is 0.147. The summed E-state index contributed by atoms with van der Waals surface area (Å²) in [5, 5.41) is 0. The summed E-state index contributed by atoms with van der Waals surface area (Å²) < 4.78 is 5.18. The van der Waals surface area contributed by atoms with Crippen LogP contribution in [0.2, 0.25) is 0 Å². The maximum absolute atomic E-state index is 5.18. The molecule has 1 aromatic carbocycles. The Kier molecular flexibility index (Phi) is 7.98. The van der Waals surface area contributed by atoms with Gasteiger partial charge in [0.15, 0.2) is 0 Å². The zero-order valence-electron chi connectivity index (χ0n) is 15.9. The number of aromatic nitrogens is 2. The molecule has 0 N–H and O–H groups in total. The zero-order chi connectivity index (χ0) is 18.1. The third-order valence-electron chi connectivity index (χ3n) is 4.34. The van der Waals surface area contributed by atoms with Crippen molar-refractivity contribution in [1.82, 2.24) is 19.8 Å². The molecular weight excluding hydrogens is 312 g/mol. The van der Waals surface area contributed by atoms with Gasteiger partial charge in [0, 0.05) is 45.7 Å². The summed E-state index contributed by atoms with van der Waals surface area (Å²) in [6.45, 7) is 9.65. The minimum atomic E-state index is 0.776. The summed E-state index contributed by atoms with van der Waals surface area (Å²) in [6.07, 6.45) is 3.50. The molecule has 0 fully saturated rings. The Hall–Kier alpha value is -1.82. The molecule has 0 unspecified atom stereocenters. The van der Waals surface area contributed by atoms with E-state index in [0.29, 0.717) is 0 Å². The normalized spacial score (nSPS) is 11.4. The van der Waals surface area contributed by atoms with Crippen LogP contribution in [0, 0.1) is 6.92 Å². The van der Waals surface area contributed by atoms with E-state index < -0.39 is 0 Å². The summed E-state index contributed by atoms with van der Waals surface area (Å²) in [5.74, 6) is 0. The van der Waals surface area contributed by atoms with Crippen molar-refractivity contribution in [3.63, 3.8) is 0 Å². The Morgan fingerprint density at radius 2 is 1.60 bits per heavy atom. The lowest BCUT2D eigenvalue weighted by Gasteiger charge is -2.20. The third-order valence-corrected chi connectivity index (χ3v) is 4.34. The Balaban J connectivity index is 1.88. The van der Waals surface area contributed by atoms with Crippen molar-refractivity contribution in [3.8, 4) is 0 Å². The highest BCUT2D eigenvalue weighted by molar-refractivity contribution is 5.22. The fraction of sp³-hybridized carbons (Fsp3) is 0.500. The van der Waals surface area contributed by atoms with Gasteiger partial charge in [0.25, 0.3) is 0 Å². The average molecular weight is 342 g/mol. The number of hydrogen-bond acceptors (Lipinski definition) is 5.